The highest BCUT2D eigenvalue weighted by Gasteiger charge is 2.30. The summed E-state index contributed by atoms with van der Waals surface area (Å²) in [6.07, 6.45) is -2.97. The molecule has 1 N–H and O–H groups in total. The Balaban J connectivity index is 2.16. The number of halogens is 4. The number of carbonyl (C=O) groups is 1. The normalized spacial score (nSPS) is 11.2. The van der Waals surface area contributed by atoms with E-state index in [2.05, 4.69) is 10.3 Å². The van der Waals surface area contributed by atoms with E-state index in [9.17, 15) is 18.0 Å². The maximum atomic E-state index is 12.4. The standard InChI is InChI=1S/C13H8ClF3N2O/c14-11-10(2-1-7-18-11)19-12(20)8-3-5-9(6-4-8)13(15,16)17/h1-7H,(H,19,20). The highest BCUT2D eigenvalue weighted by molar-refractivity contribution is 6.32. The molecule has 0 aliphatic carbocycles. The molecule has 20 heavy (non-hydrogen) atoms. The van der Waals surface area contributed by atoms with E-state index >= 15 is 0 Å². The molecule has 1 amide bonds. The van der Waals surface area contributed by atoms with E-state index < -0.39 is 17.6 Å². The van der Waals surface area contributed by atoms with Gasteiger partial charge in [0.05, 0.1) is 11.3 Å². The number of carbonyl (C=O) groups excluding carboxylic acids is 1. The molecule has 3 nitrogen and oxygen atoms in total. The lowest BCUT2D eigenvalue weighted by Gasteiger charge is -2.08. The van der Waals surface area contributed by atoms with Gasteiger partial charge in [0.25, 0.3) is 5.91 Å². The summed E-state index contributed by atoms with van der Waals surface area (Å²) in [6, 6.07) is 7.01. The number of hydrogen-bond acceptors (Lipinski definition) is 2. The molecule has 0 fully saturated rings. The van der Waals surface area contributed by atoms with Crippen LogP contribution in [0.5, 0.6) is 0 Å². The summed E-state index contributed by atoms with van der Waals surface area (Å²) in [4.78, 5) is 15.6. The molecule has 0 bridgehead atoms. The molecule has 104 valence electrons. The smallest absolute Gasteiger partial charge is 0.319 e. The van der Waals surface area contributed by atoms with Crippen molar-refractivity contribution in [3.05, 3.63) is 58.9 Å². The molecule has 1 heterocycles. The Hall–Kier alpha value is -2.08. The predicted molar refractivity (Wildman–Crippen MR) is 68.6 cm³/mol. The zero-order chi connectivity index (χ0) is 14.8. The fourth-order valence-corrected chi connectivity index (χ4v) is 1.65. The summed E-state index contributed by atoms with van der Waals surface area (Å²) in [5.41, 5.74) is -0.426. The summed E-state index contributed by atoms with van der Waals surface area (Å²) in [5, 5.41) is 2.57. The van der Waals surface area contributed by atoms with Crippen LogP contribution in [-0.4, -0.2) is 10.9 Å². The Kier molecular flexibility index (Phi) is 3.94. The van der Waals surface area contributed by atoms with Crippen molar-refractivity contribution >= 4 is 23.2 Å². The summed E-state index contributed by atoms with van der Waals surface area (Å²) in [5.74, 6) is -0.561. The van der Waals surface area contributed by atoms with Gasteiger partial charge in [-0.25, -0.2) is 4.98 Å². The Morgan fingerprint density at radius 2 is 1.80 bits per heavy atom. The van der Waals surface area contributed by atoms with Gasteiger partial charge < -0.3 is 5.32 Å². The van der Waals surface area contributed by atoms with Crippen molar-refractivity contribution in [2.75, 3.05) is 5.32 Å². The van der Waals surface area contributed by atoms with E-state index in [1.54, 1.807) is 6.07 Å². The van der Waals surface area contributed by atoms with E-state index in [1.165, 1.54) is 12.3 Å². The molecule has 2 rings (SSSR count). The van der Waals surface area contributed by atoms with Crippen LogP contribution in [0.4, 0.5) is 18.9 Å². The van der Waals surface area contributed by atoms with Crippen molar-refractivity contribution in [3.8, 4) is 0 Å². The fraction of sp³-hybridized carbons (Fsp3) is 0.0769. The topological polar surface area (TPSA) is 42.0 Å². The fourth-order valence-electron chi connectivity index (χ4n) is 1.48. The molecule has 1 aromatic heterocycles. The first-order valence-corrected chi connectivity index (χ1v) is 5.85. The first-order valence-electron chi connectivity index (χ1n) is 5.47. The third kappa shape index (κ3) is 3.27. The third-order valence-electron chi connectivity index (χ3n) is 2.48. The molecule has 1 aromatic carbocycles. The lowest BCUT2D eigenvalue weighted by atomic mass is 10.1. The molecule has 2 aromatic rings. The van der Waals surface area contributed by atoms with Gasteiger partial charge >= 0.3 is 6.18 Å². The SMILES string of the molecule is O=C(Nc1cccnc1Cl)c1ccc(C(F)(F)F)cc1. The van der Waals surface area contributed by atoms with Crippen molar-refractivity contribution in [2.45, 2.75) is 6.18 Å². The quantitative estimate of drug-likeness (QED) is 0.852. The summed E-state index contributed by atoms with van der Waals surface area (Å²) >= 11 is 5.77. The molecule has 0 aliphatic rings. The molecule has 0 saturated heterocycles. The van der Waals surface area contributed by atoms with Crippen molar-refractivity contribution in [2.24, 2.45) is 0 Å². The van der Waals surface area contributed by atoms with Gasteiger partial charge in [-0.15, -0.1) is 0 Å². The van der Waals surface area contributed by atoms with Crippen LogP contribution in [0, 0.1) is 0 Å². The maximum absolute atomic E-state index is 12.4. The summed E-state index contributed by atoms with van der Waals surface area (Å²) in [6.45, 7) is 0. The number of amides is 1. The van der Waals surface area contributed by atoms with E-state index in [0.717, 1.165) is 24.3 Å². The number of nitrogens with zero attached hydrogens (tertiary/aromatic N) is 1. The van der Waals surface area contributed by atoms with E-state index in [4.69, 9.17) is 11.6 Å². The Morgan fingerprint density at radius 3 is 2.35 bits per heavy atom. The van der Waals surface area contributed by atoms with Gasteiger partial charge in [0.15, 0.2) is 5.15 Å². The number of benzene rings is 1. The summed E-state index contributed by atoms with van der Waals surface area (Å²) < 4.78 is 37.2. The molecule has 0 aliphatic heterocycles. The lowest BCUT2D eigenvalue weighted by molar-refractivity contribution is -0.137. The average molecular weight is 301 g/mol. The molecular formula is C13H8ClF3N2O. The molecule has 0 unspecified atom stereocenters. The van der Waals surface area contributed by atoms with Crippen LogP contribution in [0.25, 0.3) is 0 Å². The number of nitrogens with one attached hydrogen (secondary N) is 1. The highest BCUT2D eigenvalue weighted by Crippen LogP contribution is 2.29. The monoisotopic (exact) mass is 300 g/mol. The van der Waals surface area contributed by atoms with Gasteiger partial charge in [0.1, 0.15) is 0 Å². The average Bonchev–Trinajstić information content (AvgIpc) is 2.40. The van der Waals surface area contributed by atoms with Crippen LogP contribution in [0.1, 0.15) is 15.9 Å². The van der Waals surface area contributed by atoms with Gasteiger partial charge in [0, 0.05) is 11.8 Å². The Labute approximate surface area is 117 Å². The molecule has 0 spiro atoms. The van der Waals surface area contributed by atoms with Gasteiger partial charge in [-0.2, -0.15) is 13.2 Å². The molecular weight excluding hydrogens is 293 g/mol. The lowest BCUT2D eigenvalue weighted by Crippen LogP contribution is -2.13. The predicted octanol–water partition coefficient (Wildman–Crippen LogP) is 4.01. The summed E-state index contributed by atoms with van der Waals surface area (Å²) in [7, 11) is 0. The first-order chi connectivity index (χ1) is 9.38. The number of rotatable bonds is 2. The number of hydrogen-bond donors (Lipinski definition) is 1. The second-order valence-corrected chi connectivity index (χ2v) is 4.23. The zero-order valence-corrected chi connectivity index (χ0v) is 10.7. The number of aromatic nitrogens is 1. The Bertz CT molecular complexity index is 626. The van der Waals surface area contributed by atoms with Crippen LogP contribution in [0.3, 0.4) is 0 Å². The van der Waals surface area contributed by atoms with Gasteiger partial charge in [-0.05, 0) is 36.4 Å². The molecule has 0 atom stereocenters. The highest BCUT2D eigenvalue weighted by atomic mass is 35.5. The zero-order valence-electron chi connectivity index (χ0n) is 9.91. The van der Waals surface area contributed by atoms with Crippen LogP contribution in [0.2, 0.25) is 5.15 Å². The minimum Gasteiger partial charge on any atom is -0.319 e. The van der Waals surface area contributed by atoms with Crippen LogP contribution >= 0.6 is 11.6 Å². The van der Waals surface area contributed by atoms with Gasteiger partial charge in [-0.1, -0.05) is 11.6 Å². The van der Waals surface area contributed by atoms with Gasteiger partial charge in [0.2, 0.25) is 0 Å². The number of pyridine rings is 1. The molecule has 7 heteroatoms. The number of alkyl halides is 3. The third-order valence-corrected chi connectivity index (χ3v) is 2.78. The minimum atomic E-state index is -4.43. The Morgan fingerprint density at radius 1 is 1.15 bits per heavy atom. The van der Waals surface area contributed by atoms with Crippen molar-refractivity contribution in [1.29, 1.82) is 0 Å². The van der Waals surface area contributed by atoms with Crippen LogP contribution in [0.15, 0.2) is 42.6 Å². The van der Waals surface area contributed by atoms with Crippen LogP contribution < -0.4 is 5.32 Å². The molecule has 0 radical (unpaired) electrons. The van der Waals surface area contributed by atoms with E-state index in [1.807, 2.05) is 0 Å². The van der Waals surface area contributed by atoms with Gasteiger partial charge in [-0.3, -0.25) is 4.79 Å². The maximum Gasteiger partial charge on any atom is 0.416 e. The van der Waals surface area contributed by atoms with Crippen molar-refractivity contribution in [3.63, 3.8) is 0 Å². The first kappa shape index (κ1) is 14.3. The second kappa shape index (κ2) is 5.50. The second-order valence-electron chi connectivity index (χ2n) is 3.87. The minimum absolute atomic E-state index is 0.0953. The molecule has 0 saturated carbocycles. The van der Waals surface area contributed by atoms with E-state index in [-0.39, 0.29) is 10.7 Å². The van der Waals surface area contributed by atoms with Crippen molar-refractivity contribution < 1.29 is 18.0 Å². The largest absolute Gasteiger partial charge is 0.416 e. The number of anilines is 1. The van der Waals surface area contributed by atoms with Crippen LogP contribution in [-0.2, 0) is 6.18 Å². The van der Waals surface area contributed by atoms with E-state index in [0.29, 0.717) is 5.69 Å². The van der Waals surface area contributed by atoms with Crippen molar-refractivity contribution in [1.82, 2.24) is 4.98 Å².